The highest BCUT2D eigenvalue weighted by atomic mass is 35.5. The molecule has 14 heavy (non-hydrogen) atoms. The van der Waals surface area contributed by atoms with Crippen LogP contribution in [0.1, 0.15) is 19.3 Å². The lowest BCUT2D eigenvalue weighted by Gasteiger charge is -2.26. The van der Waals surface area contributed by atoms with Crippen LogP contribution in [0.4, 0.5) is 0 Å². The van der Waals surface area contributed by atoms with Crippen molar-refractivity contribution in [2.75, 3.05) is 32.7 Å². The molecule has 0 aliphatic carbocycles. The summed E-state index contributed by atoms with van der Waals surface area (Å²) < 4.78 is 0. The zero-order chi connectivity index (χ0) is 9.10. The van der Waals surface area contributed by atoms with E-state index in [-0.39, 0.29) is 12.4 Å². The number of ketones is 1. The van der Waals surface area contributed by atoms with Crippen LogP contribution in [-0.4, -0.2) is 43.4 Å². The van der Waals surface area contributed by atoms with Gasteiger partial charge in [0.05, 0.1) is 6.54 Å². The van der Waals surface area contributed by atoms with Gasteiger partial charge in [0.15, 0.2) is 0 Å². The number of nitrogens with one attached hydrogen (secondary N) is 1. The van der Waals surface area contributed by atoms with Crippen molar-refractivity contribution >= 4 is 18.2 Å². The van der Waals surface area contributed by atoms with Gasteiger partial charge in [-0.3, -0.25) is 9.69 Å². The fourth-order valence-electron chi connectivity index (χ4n) is 2.29. The molecule has 82 valence electrons. The molecule has 2 aliphatic heterocycles. The molecule has 0 spiro atoms. The molecule has 1 N–H and O–H groups in total. The first-order chi connectivity index (χ1) is 6.34. The number of hydrogen-bond acceptors (Lipinski definition) is 3. The second-order valence-electron chi connectivity index (χ2n) is 4.24. The number of Topliss-reactive ketones (excluding diaryl/α,β-unsaturated/α-hetero) is 1. The fraction of sp³-hybridized carbons (Fsp3) is 0.900. The van der Waals surface area contributed by atoms with Crippen LogP contribution in [0.15, 0.2) is 0 Å². The van der Waals surface area contributed by atoms with Crippen molar-refractivity contribution in [3.63, 3.8) is 0 Å². The van der Waals surface area contributed by atoms with Gasteiger partial charge in [-0.05, 0) is 31.8 Å². The lowest BCUT2D eigenvalue weighted by molar-refractivity contribution is -0.116. The maximum Gasteiger partial charge on any atom is 0.148 e. The van der Waals surface area contributed by atoms with Gasteiger partial charge < -0.3 is 5.32 Å². The minimum absolute atomic E-state index is 0. The van der Waals surface area contributed by atoms with Gasteiger partial charge in [0.2, 0.25) is 0 Å². The summed E-state index contributed by atoms with van der Waals surface area (Å²) in [5.41, 5.74) is 0. The van der Waals surface area contributed by atoms with Crippen LogP contribution >= 0.6 is 12.4 Å². The maximum absolute atomic E-state index is 11.0. The van der Waals surface area contributed by atoms with Crippen LogP contribution in [0, 0.1) is 5.92 Å². The number of likely N-dealkylation sites (tertiary alicyclic amines) is 1. The summed E-state index contributed by atoms with van der Waals surface area (Å²) in [6.07, 6.45) is 3.41. The highest BCUT2D eigenvalue weighted by molar-refractivity contribution is 5.85. The average Bonchev–Trinajstić information content (AvgIpc) is 2.53. The molecule has 1 atom stereocenters. The smallest absolute Gasteiger partial charge is 0.148 e. The number of nitrogens with zero attached hydrogens (tertiary/aromatic N) is 1. The molecule has 0 bridgehead atoms. The molecule has 1 unspecified atom stereocenters. The van der Waals surface area contributed by atoms with Crippen molar-refractivity contribution in [2.45, 2.75) is 19.3 Å². The van der Waals surface area contributed by atoms with Gasteiger partial charge in [-0.1, -0.05) is 0 Å². The molecule has 2 rings (SSSR count). The van der Waals surface area contributed by atoms with Crippen molar-refractivity contribution in [2.24, 2.45) is 5.92 Å². The Bertz CT molecular complexity index is 193. The van der Waals surface area contributed by atoms with E-state index in [1.54, 1.807) is 0 Å². The minimum atomic E-state index is 0. The standard InChI is InChI=1S/C10H18N2O.ClH/c13-10-3-5-12(8-10)7-9-2-1-4-11-6-9;/h9,11H,1-8H2;1H. The van der Waals surface area contributed by atoms with Crippen molar-refractivity contribution < 1.29 is 4.79 Å². The quantitative estimate of drug-likeness (QED) is 0.740. The summed E-state index contributed by atoms with van der Waals surface area (Å²) in [5, 5.41) is 3.41. The Morgan fingerprint density at radius 2 is 2.36 bits per heavy atom. The SMILES string of the molecule is Cl.O=C1CCN(CC2CCCNC2)C1. The van der Waals surface area contributed by atoms with Crippen LogP contribution in [-0.2, 0) is 4.79 Å². The molecule has 0 amide bonds. The third-order valence-electron chi connectivity index (χ3n) is 3.02. The molecule has 0 saturated carbocycles. The summed E-state index contributed by atoms with van der Waals surface area (Å²) in [6.45, 7) is 5.14. The Labute approximate surface area is 91.6 Å². The summed E-state index contributed by atoms with van der Waals surface area (Å²) in [7, 11) is 0. The number of halogens is 1. The second kappa shape index (κ2) is 5.69. The van der Waals surface area contributed by atoms with E-state index in [0.717, 1.165) is 32.0 Å². The highest BCUT2D eigenvalue weighted by Crippen LogP contribution is 2.14. The molecule has 3 nitrogen and oxygen atoms in total. The maximum atomic E-state index is 11.0. The molecule has 0 aromatic rings. The lowest BCUT2D eigenvalue weighted by Crippen LogP contribution is -2.37. The number of hydrogen-bond donors (Lipinski definition) is 1. The van der Waals surface area contributed by atoms with Crippen LogP contribution < -0.4 is 5.32 Å². The van der Waals surface area contributed by atoms with Crippen LogP contribution in [0.2, 0.25) is 0 Å². The Hall–Kier alpha value is -0.120. The van der Waals surface area contributed by atoms with Crippen molar-refractivity contribution in [3.8, 4) is 0 Å². The van der Waals surface area contributed by atoms with Gasteiger partial charge in [-0.2, -0.15) is 0 Å². The van der Waals surface area contributed by atoms with E-state index in [9.17, 15) is 4.79 Å². The Morgan fingerprint density at radius 1 is 1.50 bits per heavy atom. The van der Waals surface area contributed by atoms with Gasteiger partial charge in [0, 0.05) is 19.5 Å². The largest absolute Gasteiger partial charge is 0.316 e. The predicted molar refractivity (Wildman–Crippen MR) is 58.9 cm³/mol. The van der Waals surface area contributed by atoms with Gasteiger partial charge in [0.1, 0.15) is 5.78 Å². The minimum Gasteiger partial charge on any atom is -0.316 e. The first kappa shape index (κ1) is 12.0. The number of carbonyl (C=O) groups excluding carboxylic acids is 1. The second-order valence-corrected chi connectivity index (χ2v) is 4.24. The van der Waals surface area contributed by atoms with Crippen molar-refractivity contribution in [3.05, 3.63) is 0 Å². The van der Waals surface area contributed by atoms with E-state index in [1.807, 2.05) is 0 Å². The summed E-state index contributed by atoms with van der Waals surface area (Å²) >= 11 is 0. The molecule has 2 heterocycles. The third kappa shape index (κ3) is 3.23. The van der Waals surface area contributed by atoms with E-state index in [0.29, 0.717) is 12.3 Å². The summed E-state index contributed by atoms with van der Waals surface area (Å²) in [6, 6.07) is 0. The molecule has 0 radical (unpaired) electrons. The normalized spacial score (nSPS) is 28.9. The Morgan fingerprint density at radius 3 is 2.93 bits per heavy atom. The van der Waals surface area contributed by atoms with E-state index < -0.39 is 0 Å². The van der Waals surface area contributed by atoms with Crippen LogP contribution in [0.5, 0.6) is 0 Å². The molecule has 0 aromatic carbocycles. The lowest BCUT2D eigenvalue weighted by atomic mass is 9.99. The van der Waals surface area contributed by atoms with Crippen molar-refractivity contribution in [1.29, 1.82) is 0 Å². The summed E-state index contributed by atoms with van der Waals surface area (Å²) in [4.78, 5) is 13.3. The van der Waals surface area contributed by atoms with Gasteiger partial charge in [0.25, 0.3) is 0 Å². The zero-order valence-electron chi connectivity index (χ0n) is 8.50. The monoisotopic (exact) mass is 218 g/mol. The van der Waals surface area contributed by atoms with Gasteiger partial charge in [-0.15, -0.1) is 12.4 Å². The molecule has 4 heteroatoms. The first-order valence-corrected chi connectivity index (χ1v) is 5.29. The number of piperidine rings is 1. The Balaban J connectivity index is 0.000000980. The molecule has 0 aromatic heterocycles. The van der Waals surface area contributed by atoms with E-state index in [4.69, 9.17) is 0 Å². The predicted octanol–water partition coefficient (Wildman–Crippen LogP) is 0.683. The van der Waals surface area contributed by atoms with E-state index in [2.05, 4.69) is 10.2 Å². The number of carbonyl (C=O) groups is 1. The summed E-state index contributed by atoms with van der Waals surface area (Å²) in [5.74, 6) is 1.20. The molecule has 2 fully saturated rings. The molecular formula is C10H19ClN2O. The van der Waals surface area contributed by atoms with Gasteiger partial charge >= 0.3 is 0 Å². The topological polar surface area (TPSA) is 32.3 Å². The third-order valence-corrected chi connectivity index (χ3v) is 3.02. The van der Waals surface area contributed by atoms with Crippen LogP contribution in [0.3, 0.4) is 0 Å². The molecule has 2 saturated heterocycles. The first-order valence-electron chi connectivity index (χ1n) is 5.29. The molecule has 2 aliphatic rings. The highest BCUT2D eigenvalue weighted by Gasteiger charge is 2.23. The van der Waals surface area contributed by atoms with E-state index in [1.165, 1.54) is 19.4 Å². The van der Waals surface area contributed by atoms with Crippen molar-refractivity contribution in [1.82, 2.24) is 10.2 Å². The zero-order valence-corrected chi connectivity index (χ0v) is 9.31. The van der Waals surface area contributed by atoms with Crippen LogP contribution in [0.25, 0.3) is 0 Å². The van der Waals surface area contributed by atoms with Gasteiger partial charge in [-0.25, -0.2) is 0 Å². The average molecular weight is 219 g/mol. The van der Waals surface area contributed by atoms with E-state index >= 15 is 0 Å². The number of rotatable bonds is 2. The Kier molecular flexibility index (Phi) is 4.85. The fourth-order valence-corrected chi connectivity index (χ4v) is 2.29. The molecular weight excluding hydrogens is 200 g/mol.